The van der Waals surface area contributed by atoms with E-state index in [9.17, 15) is 18.0 Å². The van der Waals surface area contributed by atoms with E-state index in [0.29, 0.717) is 18.7 Å². The first kappa shape index (κ1) is 23.3. The molecule has 0 saturated carbocycles. The van der Waals surface area contributed by atoms with Crippen LogP contribution in [0.15, 0.2) is 23.1 Å². The van der Waals surface area contributed by atoms with Crippen LogP contribution in [0.2, 0.25) is 0 Å². The van der Waals surface area contributed by atoms with Crippen LogP contribution < -0.4 is 0 Å². The number of aryl methyl sites for hydroxylation is 1. The van der Waals surface area contributed by atoms with E-state index in [4.69, 9.17) is 4.74 Å². The molecule has 1 fully saturated rings. The topological polar surface area (TPSA) is 84.0 Å². The number of ether oxygens (including phenoxy) is 1. The van der Waals surface area contributed by atoms with Gasteiger partial charge in [-0.1, -0.05) is 19.9 Å². The van der Waals surface area contributed by atoms with Crippen molar-refractivity contribution < 1.29 is 22.7 Å². The third-order valence-electron chi connectivity index (χ3n) is 5.58. The molecule has 29 heavy (non-hydrogen) atoms. The number of carbonyl (C=O) groups excluding carboxylic acids is 2. The fraction of sp³-hybridized carbons (Fsp3) is 0.619. The monoisotopic (exact) mass is 424 g/mol. The zero-order valence-corrected chi connectivity index (χ0v) is 18.8. The van der Waals surface area contributed by atoms with Gasteiger partial charge in [-0.2, -0.15) is 4.31 Å². The van der Waals surface area contributed by atoms with Gasteiger partial charge in [0.1, 0.15) is 0 Å². The third-order valence-corrected chi connectivity index (χ3v) is 7.63. The van der Waals surface area contributed by atoms with Crippen LogP contribution in [0, 0.1) is 6.92 Å². The van der Waals surface area contributed by atoms with Crippen molar-refractivity contribution in [3.63, 3.8) is 0 Å². The lowest BCUT2D eigenvalue weighted by Crippen LogP contribution is -2.49. The quantitative estimate of drug-likeness (QED) is 0.629. The maximum atomic E-state index is 12.7. The molecule has 1 aromatic carbocycles. The Labute approximate surface area is 174 Å². The van der Waals surface area contributed by atoms with Crippen LogP contribution >= 0.6 is 0 Å². The molecule has 2 atom stereocenters. The molecule has 1 aromatic rings. The molecule has 0 radical (unpaired) electrons. The molecule has 0 aromatic heterocycles. The van der Waals surface area contributed by atoms with Crippen molar-refractivity contribution in [1.29, 1.82) is 0 Å². The van der Waals surface area contributed by atoms with Crippen molar-refractivity contribution in [3.8, 4) is 0 Å². The van der Waals surface area contributed by atoms with Gasteiger partial charge in [0.2, 0.25) is 10.0 Å². The van der Waals surface area contributed by atoms with Crippen molar-refractivity contribution in [3.05, 3.63) is 29.3 Å². The standard InChI is InChI=1S/C21H32N2O5S/c1-6-22(7-2)29(26,27)18-12-11-15(3)19(13-18)21(25)28-14-20(24)23-16(4)9-8-10-17(23)5/h11-13,16-17H,6-10,14H2,1-5H3/t16-,17-/m1/s1. The first-order valence-electron chi connectivity index (χ1n) is 10.2. The minimum Gasteiger partial charge on any atom is -0.452 e. The van der Waals surface area contributed by atoms with Gasteiger partial charge in [0.05, 0.1) is 10.5 Å². The molecule has 0 aliphatic carbocycles. The minimum atomic E-state index is -3.69. The van der Waals surface area contributed by atoms with Gasteiger partial charge in [0, 0.05) is 25.2 Å². The van der Waals surface area contributed by atoms with Crippen LogP contribution in [0.5, 0.6) is 0 Å². The average molecular weight is 425 g/mol. The first-order chi connectivity index (χ1) is 13.6. The van der Waals surface area contributed by atoms with Crippen molar-refractivity contribution >= 4 is 21.9 Å². The highest BCUT2D eigenvalue weighted by Gasteiger charge is 2.30. The Hall–Kier alpha value is -1.93. The van der Waals surface area contributed by atoms with Crippen LogP contribution in [-0.2, 0) is 19.6 Å². The van der Waals surface area contributed by atoms with Gasteiger partial charge in [0.15, 0.2) is 6.61 Å². The number of amides is 1. The van der Waals surface area contributed by atoms with Crippen molar-refractivity contribution in [2.45, 2.75) is 70.9 Å². The van der Waals surface area contributed by atoms with Gasteiger partial charge in [-0.05, 0) is 57.7 Å². The van der Waals surface area contributed by atoms with Crippen molar-refractivity contribution in [1.82, 2.24) is 9.21 Å². The lowest BCUT2D eigenvalue weighted by molar-refractivity contribution is -0.140. The number of carbonyl (C=O) groups is 2. The summed E-state index contributed by atoms with van der Waals surface area (Å²) < 4.78 is 32.1. The Kier molecular flexibility index (Phi) is 7.82. The van der Waals surface area contributed by atoms with E-state index in [1.54, 1.807) is 31.7 Å². The van der Waals surface area contributed by atoms with Gasteiger partial charge < -0.3 is 9.64 Å². The first-order valence-corrected chi connectivity index (χ1v) is 11.7. The third kappa shape index (κ3) is 5.17. The Balaban J connectivity index is 2.16. The smallest absolute Gasteiger partial charge is 0.338 e. The van der Waals surface area contributed by atoms with Crippen LogP contribution in [-0.4, -0.2) is 61.3 Å². The van der Waals surface area contributed by atoms with Crippen LogP contribution in [0.3, 0.4) is 0 Å². The van der Waals surface area contributed by atoms with Gasteiger partial charge in [-0.15, -0.1) is 0 Å². The van der Waals surface area contributed by atoms with Crippen molar-refractivity contribution in [2.75, 3.05) is 19.7 Å². The number of hydrogen-bond donors (Lipinski definition) is 0. The van der Waals surface area contributed by atoms with Gasteiger partial charge >= 0.3 is 5.97 Å². The Morgan fingerprint density at radius 2 is 1.72 bits per heavy atom. The molecule has 2 rings (SSSR count). The molecule has 8 heteroatoms. The van der Waals surface area contributed by atoms with Crippen LogP contribution in [0.4, 0.5) is 0 Å². The summed E-state index contributed by atoms with van der Waals surface area (Å²) in [5.41, 5.74) is 0.756. The summed E-state index contributed by atoms with van der Waals surface area (Å²) in [5.74, 6) is -0.910. The highest BCUT2D eigenvalue weighted by atomic mass is 32.2. The molecule has 1 amide bonds. The van der Waals surface area contributed by atoms with Crippen LogP contribution in [0.1, 0.15) is 62.9 Å². The van der Waals surface area contributed by atoms with Crippen LogP contribution in [0.25, 0.3) is 0 Å². The predicted molar refractivity (Wildman–Crippen MR) is 111 cm³/mol. The van der Waals surface area contributed by atoms with E-state index in [1.165, 1.54) is 16.4 Å². The molecule has 0 unspecified atom stereocenters. The van der Waals surface area contributed by atoms with Gasteiger partial charge in [-0.3, -0.25) is 4.79 Å². The van der Waals surface area contributed by atoms with E-state index in [0.717, 1.165) is 19.3 Å². The average Bonchev–Trinajstić information content (AvgIpc) is 2.66. The molecule has 0 N–H and O–H groups in total. The summed E-state index contributed by atoms with van der Waals surface area (Å²) in [6, 6.07) is 4.65. The number of esters is 1. The van der Waals surface area contributed by atoms with E-state index in [1.807, 2.05) is 13.8 Å². The highest BCUT2D eigenvalue weighted by Crippen LogP contribution is 2.23. The normalized spacial score (nSPS) is 20.0. The molecule has 162 valence electrons. The molecular formula is C21H32N2O5S. The highest BCUT2D eigenvalue weighted by molar-refractivity contribution is 7.89. The molecule has 1 heterocycles. The maximum absolute atomic E-state index is 12.7. The lowest BCUT2D eigenvalue weighted by atomic mass is 9.97. The predicted octanol–water partition coefficient (Wildman–Crippen LogP) is 2.97. The maximum Gasteiger partial charge on any atom is 0.338 e. The largest absolute Gasteiger partial charge is 0.452 e. The Morgan fingerprint density at radius 3 is 2.28 bits per heavy atom. The molecule has 0 bridgehead atoms. The van der Waals surface area contributed by atoms with E-state index < -0.39 is 16.0 Å². The summed E-state index contributed by atoms with van der Waals surface area (Å²) in [6.07, 6.45) is 2.96. The van der Waals surface area contributed by atoms with Gasteiger partial charge in [0.25, 0.3) is 5.91 Å². The fourth-order valence-electron chi connectivity index (χ4n) is 3.89. The minimum absolute atomic E-state index is 0.0448. The second kappa shape index (κ2) is 9.71. The number of rotatable bonds is 7. The summed E-state index contributed by atoms with van der Waals surface area (Å²) in [6.45, 7) is 9.57. The van der Waals surface area contributed by atoms with Crippen molar-refractivity contribution in [2.24, 2.45) is 0 Å². The van der Waals surface area contributed by atoms with E-state index in [2.05, 4.69) is 0 Å². The molecule has 1 aliphatic heterocycles. The van der Waals surface area contributed by atoms with E-state index in [-0.39, 0.29) is 35.1 Å². The molecule has 0 spiro atoms. The molecular weight excluding hydrogens is 392 g/mol. The number of nitrogens with zero attached hydrogens (tertiary/aromatic N) is 2. The molecule has 1 saturated heterocycles. The number of benzene rings is 1. The summed E-state index contributed by atoms with van der Waals surface area (Å²) >= 11 is 0. The zero-order valence-electron chi connectivity index (χ0n) is 18.0. The molecule has 7 nitrogen and oxygen atoms in total. The summed E-state index contributed by atoms with van der Waals surface area (Å²) in [7, 11) is -3.69. The number of likely N-dealkylation sites (tertiary alicyclic amines) is 1. The Bertz CT molecular complexity index is 839. The lowest BCUT2D eigenvalue weighted by Gasteiger charge is -2.38. The van der Waals surface area contributed by atoms with E-state index >= 15 is 0 Å². The number of piperidine rings is 1. The summed E-state index contributed by atoms with van der Waals surface area (Å²) in [4.78, 5) is 27.0. The number of sulfonamides is 1. The van der Waals surface area contributed by atoms with Gasteiger partial charge in [-0.25, -0.2) is 13.2 Å². The summed E-state index contributed by atoms with van der Waals surface area (Å²) in [5, 5.41) is 0. The second-order valence-corrected chi connectivity index (χ2v) is 9.51. The number of hydrogen-bond acceptors (Lipinski definition) is 5. The second-order valence-electron chi connectivity index (χ2n) is 7.57. The SMILES string of the molecule is CCN(CC)S(=O)(=O)c1ccc(C)c(C(=O)OCC(=O)N2[C@H](C)CCC[C@H]2C)c1. The zero-order chi connectivity index (χ0) is 21.8. The fourth-order valence-corrected chi connectivity index (χ4v) is 5.37. The molecule has 1 aliphatic rings. The Morgan fingerprint density at radius 1 is 1.14 bits per heavy atom.